The third-order valence-electron chi connectivity index (χ3n) is 5.02. The van der Waals surface area contributed by atoms with Gasteiger partial charge < -0.3 is 10.1 Å². The number of hydrogen-bond donors (Lipinski definition) is 3. The molecule has 0 bridgehead atoms. The Balaban J connectivity index is 1.62. The molecule has 154 valence electrons. The molecule has 7 nitrogen and oxygen atoms in total. The standard InChI is InChI=1S/C22H23ClN6O/c1-2-3-9-19-24-20(21(23)25-19)18(30)13-14-10-11-16(15-7-5-4-6-8-15)17(12-14)22-26-28-29-27-22/h4-8,10-12,18,30H,2-3,9,13H2,1H3,(H,24,25)(H,26,27,28,29). The molecule has 2 aromatic heterocycles. The summed E-state index contributed by atoms with van der Waals surface area (Å²) in [6, 6.07) is 16.0. The van der Waals surface area contributed by atoms with Crippen LogP contribution in [0.3, 0.4) is 0 Å². The van der Waals surface area contributed by atoms with Crippen LogP contribution in [0.1, 0.15) is 43.0 Å². The summed E-state index contributed by atoms with van der Waals surface area (Å²) in [5, 5.41) is 25.6. The van der Waals surface area contributed by atoms with Gasteiger partial charge in [-0.3, -0.25) is 0 Å². The molecule has 1 atom stereocenters. The van der Waals surface area contributed by atoms with E-state index in [0.29, 0.717) is 23.1 Å². The van der Waals surface area contributed by atoms with Crippen LogP contribution < -0.4 is 0 Å². The molecule has 8 heteroatoms. The molecule has 0 aliphatic heterocycles. The van der Waals surface area contributed by atoms with Crippen molar-refractivity contribution in [2.24, 2.45) is 0 Å². The average Bonchev–Trinajstić information content (AvgIpc) is 3.43. The van der Waals surface area contributed by atoms with Crippen LogP contribution in [0.2, 0.25) is 5.15 Å². The quantitative estimate of drug-likeness (QED) is 0.387. The minimum Gasteiger partial charge on any atom is -0.386 e. The van der Waals surface area contributed by atoms with Gasteiger partial charge in [0.2, 0.25) is 5.82 Å². The molecule has 0 spiro atoms. The number of H-pyrrole nitrogens is 2. The Morgan fingerprint density at radius 3 is 2.67 bits per heavy atom. The van der Waals surface area contributed by atoms with Gasteiger partial charge in [-0.2, -0.15) is 5.21 Å². The molecule has 1 unspecified atom stereocenters. The van der Waals surface area contributed by atoms with Gasteiger partial charge in [0, 0.05) is 18.4 Å². The molecule has 30 heavy (non-hydrogen) atoms. The number of nitrogens with zero attached hydrogens (tertiary/aromatic N) is 4. The Kier molecular flexibility index (Phi) is 6.21. The van der Waals surface area contributed by atoms with Gasteiger partial charge in [-0.25, -0.2) is 4.98 Å². The van der Waals surface area contributed by atoms with Crippen LogP contribution in [0.5, 0.6) is 0 Å². The van der Waals surface area contributed by atoms with Crippen LogP contribution >= 0.6 is 11.6 Å². The Morgan fingerprint density at radius 1 is 1.10 bits per heavy atom. The van der Waals surface area contributed by atoms with E-state index in [0.717, 1.165) is 47.3 Å². The maximum Gasteiger partial charge on any atom is 0.205 e. The van der Waals surface area contributed by atoms with Crippen LogP contribution in [-0.2, 0) is 12.8 Å². The van der Waals surface area contributed by atoms with E-state index in [2.05, 4.69) is 37.5 Å². The maximum atomic E-state index is 10.8. The number of imidazole rings is 1. The summed E-state index contributed by atoms with van der Waals surface area (Å²) in [7, 11) is 0. The lowest BCUT2D eigenvalue weighted by molar-refractivity contribution is 0.174. The summed E-state index contributed by atoms with van der Waals surface area (Å²) in [6.07, 6.45) is 2.50. The Morgan fingerprint density at radius 2 is 1.93 bits per heavy atom. The van der Waals surface area contributed by atoms with Gasteiger partial charge in [0.1, 0.15) is 11.9 Å². The van der Waals surface area contributed by atoms with Crippen molar-refractivity contribution in [2.45, 2.75) is 38.7 Å². The van der Waals surface area contributed by atoms with E-state index in [1.54, 1.807) is 0 Å². The topological polar surface area (TPSA) is 103 Å². The number of rotatable bonds is 8. The van der Waals surface area contributed by atoms with E-state index >= 15 is 0 Å². The smallest absolute Gasteiger partial charge is 0.205 e. The minimum absolute atomic E-state index is 0.327. The van der Waals surface area contributed by atoms with Crippen LogP contribution in [0.4, 0.5) is 0 Å². The summed E-state index contributed by atoms with van der Waals surface area (Å²) >= 11 is 6.27. The first-order chi connectivity index (χ1) is 14.7. The second-order valence-corrected chi connectivity index (χ2v) is 7.55. The second-order valence-electron chi connectivity index (χ2n) is 7.19. The van der Waals surface area contributed by atoms with Crippen molar-refractivity contribution >= 4 is 11.6 Å². The van der Waals surface area contributed by atoms with Crippen molar-refractivity contribution in [1.29, 1.82) is 0 Å². The molecule has 0 amide bonds. The largest absolute Gasteiger partial charge is 0.386 e. The van der Waals surface area contributed by atoms with E-state index in [4.69, 9.17) is 11.6 Å². The first-order valence-electron chi connectivity index (χ1n) is 10.00. The number of hydrogen-bond acceptors (Lipinski definition) is 5. The zero-order valence-corrected chi connectivity index (χ0v) is 17.4. The molecule has 0 fully saturated rings. The molecule has 0 aliphatic carbocycles. The molecule has 0 saturated carbocycles. The number of aliphatic hydroxyl groups excluding tert-OH is 1. The van der Waals surface area contributed by atoms with E-state index in [1.165, 1.54) is 0 Å². The zero-order chi connectivity index (χ0) is 20.9. The number of halogens is 1. The van der Waals surface area contributed by atoms with E-state index in [9.17, 15) is 5.11 Å². The molecular formula is C22H23ClN6O. The lowest BCUT2D eigenvalue weighted by Gasteiger charge is -2.13. The van der Waals surface area contributed by atoms with Gasteiger partial charge in [-0.05, 0) is 34.4 Å². The highest BCUT2D eigenvalue weighted by Crippen LogP contribution is 2.32. The van der Waals surface area contributed by atoms with Gasteiger partial charge >= 0.3 is 0 Å². The molecule has 2 heterocycles. The molecule has 0 radical (unpaired) electrons. The van der Waals surface area contributed by atoms with Gasteiger partial charge in [-0.15, -0.1) is 10.2 Å². The minimum atomic E-state index is -0.791. The number of nitrogens with one attached hydrogen (secondary N) is 2. The summed E-state index contributed by atoms with van der Waals surface area (Å²) < 4.78 is 0. The lowest BCUT2D eigenvalue weighted by Crippen LogP contribution is -2.04. The highest BCUT2D eigenvalue weighted by Gasteiger charge is 2.19. The van der Waals surface area contributed by atoms with Crippen molar-refractivity contribution in [3.05, 3.63) is 70.8 Å². The first-order valence-corrected chi connectivity index (χ1v) is 10.4. The predicted octanol–water partition coefficient (Wildman–Crippen LogP) is 4.53. The van der Waals surface area contributed by atoms with Crippen LogP contribution in [-0.4, -0.2) is 35.7 Å². The fourth-order valence-electron chi connectivity index (χ4n) is 3.47. The highest BCUT2D eigenvalue weighted by molar-refractivity contribution is 6.30. The van der Waals surface area contributed by atoms with Crippen molar-refractivity contribution in [2.75, 3.05) is 0 Å². The number of aromatic amines is 2. The van der Waals surface area contributed by atoms with Crippen LogP contribution in [0.25, 0.3) is 22.5 Å². The maximum absolute atomic E-state index is 10.8. The molecule has 4 rings (SSSR count). The molecule has 2 aromatic carbocycles. The van der Waals surface area contributed by atoms with E-state index in [-0.39, 0.29) is 0 Å². The van der Waals surface area contributed by atoms with Crippen molar-refractivity contribution < 1.29 is 5.11 Å². The van der Waals surface area contributed by atoms with Gasteiger partial charge in [0.05, 0.1) is 5.69 Å². The number of aromatic nitrogens is 6. The van der Waals surface area contributed by atoms with Gasteiger partial charge in [0.15, 0.2) is 5.15 Å². The molecular weight excluding hydrogens is 400 g/mol. The zero-order valence-electron chi connectivity index (χ0n) is 16.6. The van der Waals surface area contributed by atoms with Crippen LogP contribution in [0.15, 0.2) is 48.5 Å². The summed E-state index contributed by atoms with van der Waals surface area (Å²) in [4.78, 5) is 7.52. The highest BCUT2D eigenvalue weighted by atomic mass is 35.5. The number of aryl methyl sites for hydroxylation is 1. The van der Waals surface area contributed by atoms with Crippen molar-refractivity contribution in [1.82, 2.24) is 30.6 Å². The number of aliphatic hydroxyl groups is 1. The predicted molar refractivity (Wildman–Crippen MR) is 116 cm³/mol. The second kappa shape index (κ2) is 9.19. The third kappa shape index (κ3) is 4.42. The molecule has 3 N–H and O–H groups in total. The van der Waals surface area contributed by atoms with E-state index < -0.39 is 6.10 Å². The molecule has 4 aromatic rings. The van der Waals surface area contributed by atoms with Crippen molar-refractivity contribution in [3.63, 3.8) is 0 Å². The monoisotopic (exact) mass is 422 g/mol. The number of unbranched alkanes of at least 4 members (excludes halogenated alkanes) is 1. The molecule has 0 saturated heterocycles. The fraction of sp³-hybridized carbons (Fsp3) is 0.273. The molecule has 0 aliphatic rings. The third-order valence-corrected chi connectivity index (χ3v) is 5.31. The summed E-state index contributed by atoms with van der Waals surface area (Å²) in [5.74, 6) is 1.31. The van der Waals surface area contributed by atoms with Gasteiger partial charge in [0.25, 0.3) is 0 Å². The first kappa shape index (κ1) is 20.3. The fourth-order valence-corrected chi connectivity index (χ4v) is 3.75. The average molecular weight is 423 g/mol. The van der Waals surface area contributed by atoms with E-state index in [1.807, 2.05) is 48.5 Å². The number of benzene rings is 2. The number of tetrazole rings is 1. The Hall–Kier alpha value is -3.03. The van der Waals surface area contributed by atoms with Crippen LogP contribution in [0, 0.1) is 0 Å². The Labute approximate surface area is 179 Å². The SMILES string of the molecule is CCCCc1nc(Cl)c(C(O)Cc2ccc(-c3ccccc3)c(-c3nn[nH]n3)c2)[nH]1. The summed E-state index contributed by atoms with van der Waals surface area (Å²) in [6.45, 7) is 2.13. The summed E-state index contributed by atoms with van der Waals surface area (Å²) in [5.41, 5.74) is 4.39. The van der Waals surface area contributed by atoms with Crippen molar-refractivity contribution in [3.8, 4) is 22.5 Å². The normalized spacial score (nSPS) is 12.2. The van der Waals surface area contributed by atoms with Gasteiger partial charge in [-0.1, -0.05) is 67.4 Å². The lowest BCUT2D eigenvalue weighted by atomic mass is 9.95. The Bertz CT molecular complexity index is 1090.